The van der Waals surface area contributed by atoms with E-state index in [2.05, 4.69) is 5.32 Å². The van der Waals surface area contributed by atoms with E-state index in [1.54, 1.807) is 19.2 Å². The van der Waals surface area contributed by atoms with Crippen LogP contribution < -0.4 is 5.32 Å². The van der Waals surface area contributed by atoms with E-state index in [-0.39, 0.29) is 18.4 Å². The molecule has 1 N–H and O–H groups in total. The number of nitrogens with one attached hydrogen (secondary N) is 1. The fraction of sp³-hybridized carbons (Fsp3) is 0.222. The molecule has 0 atom stereocenters. The summed E-state index contributed by atoms with van der Waals surface area (Å²) in [5.41, 5.74) is 3.14. The number of hydrogen-bond donors (Lipinski definition) is 1. The van der Waals surface area contributed by atoms with Crippen molar-refractivity contribution in [1.82, 2.24) is 4.90 Å². The van der Waals surface area contributed by atoms with E-state index in [0.29, 0.717) is 15.6 Å². The molecule has 0 spiro atoms. The van der Waals surface area contributed by atoms with Crippen LogP contribution in [0.1, 0.15) is 21.5 Å². The number of carbonyl (C=O) groups excluding carboxylic acids is 2. The van der Waals surface area contributed by atoms with E-state index in [0.717, 1.165) is 16.8 Å². The van der Waals surface area contributed by atoms with Crippen LogP contribution in [0.3, 0.4) is 0 Å². The molecule has 0 bridgehead atoms. The van der Waals surface area contributed by atoms with Crippen LogP contribution in [0.4, 0.5) is 5.69 Å². The van der Waals surface area contributed by atoms with Crippen molar-refractivity contribution < 1.29 is 9.59 Å². The molecule has 2 amide bonds. The maximum atomic E-state index is 12.4. The van der Waals surface area contributed by atoms with Crippen LogP contribution in [-0.2, 0) is 4.79 Å². The summed E-state index contributed by atoms with van der Waals surface area (Å²) < 4.78 is 0. The van der Waals surface area contributed by atoms with Gasteiger partial charge in [-0.15, -0.1) is 0 Å². The third-order valence-corrected chi connectivity index (χ3v) is 4.30. The van der Waals surface area contributed by atoms with Crippen molar-refractivity contribution in [2.24, 2.45) is 0 Å². The molecule has 0 fully saturated rings. The molecule has 0 saturated carbocycles. The first-order valence-electron chi connectivity index (χ1n) is 7.35. The number of carbonyl (C=O) groups is 2. The predicted molar refractivity (Wildman–Crippen MR) is 98.0 cm³/mol. The lowest BCUT2D eigenvalue weighted by Gasteiger charge is -2.18. The summed E-state index contributed by atoms with van der Waals surface area (Å²) in [7, 11) is 1.56. The Morgan fingerprint density at radius 2 is 1.75 bits per heavy atom. The maximum absolute atomic E-state index is 12.4. The molecule has 2 rings (SSSR count). The zero-order valence-electron chi connectivity index (χ0n) is 13.7. The summed E-state index contributed by atoms with van der Waals surface area (Å²) in [6.45, 7) is 3.81. The van der Waals surface area contributed by atoms with E-state index in [1.807, 2.05) is 32.0 Å². The Hall–Kier alpha value is -2.04. The van der Waals surface area contributed by atoms with Crippen molar-refractivity contribution in [2.45, 2.75) is 13.8 Å². The van der Waals surface area contributed by atoms with Crippen molar-refractivity contribution >= 4 is 40.7 Å². The zero-order chi connectivity index (χ0) is 17.9. The Morgan fingerprint density at radius 3 is 2.42 bits per heavy atom. The molecule has 6 heteroatoms. The topological polar surface area (TPSA) is 49.4 Å². The van der Waals surface area contributed by atoms with Gasteiger partial charge in [0.05, 0.1) is 16.6 Å². The maximum Gasteiger partial charge on any atom is 0.254 e. The zero-order valence-corrected chi connectivity index (χ0v) is 15.2. The van der Waals surface area contributed by atoms with Crippen LogP contribution >= 0.6 is 23.2 Å². The van der Waals surface area contributed by atoms with Gasteiger partial charge < -0.3 is 10.2 Å². The minimum absolute atomic E-state index is 0.0630. The fourth-order valence-electron chi connectivity index (χ4n) is 2.20. The molecule has 126 valence electrons. The third kappa shape index (κ3) is 4.49. The van der Waals surface area contributed by atoms with Crippen LogP contribution in [0.5, 0.6) is 0 Å². The molecule has 2 aromatic carbocycles. The van der Waals surface area contributed by atoms with Gasteiger partial charge in [0.15, 0.2) is 0 Å². The van der Waals surface area contributed by atoms with E-state index < -0.39 is 0 Å². The molecule has 0 aliphatic rings. The van der Waals surface area contributed by atoms with Crippen LogP contribution in [0.15, 0.2) is 36.4 Å². The Balaban J connectivity index is 2.04. The van der Waals surface area contributed by atoms with Gasteiger partial charge in [-0.3, -0.25) is 9.59 Å². The van der Waals surface area contributed by atoms with E-state index in [9.17, 15) is 9.59 Å². The molecule has 0 saturated heterocycles. The predicted octanol–water partition coefficient (Wildman–Crippen LogP) is 4.32. The normalized spacial score (nSPS) is 10.4. The first-order chi connectivity index (χ1) is 11.3. The van der Waals surface area contributed by atoms with Crippen molar-refractivity contribution in [3.63, 3.8) is 0 Å². The quantitative estimate of drug-likeness (QED) is 0.877. The van der Waals surface area contributed by atoms with Gasteiger partial charge in [0.25, 0.3) is 5.91 Å². The van der Waals surface area contributed by atoms with Crippen molar-refractivity contribution in [3.8, 4) is 0 Å². The number of halogens is 2. The average Bonchev–Trinajstić information content (AvgIpc) is 2.52. The second-order valence-corrected chi connectivity index (χ2v) is 6.47. The number of benzene rings is 2. The summed E-state index contributed by atoms with van der Waals surface area (Å²) in [6, 6.07) is 10.4. The Morgan fingerprint density at radius 1 is 1.04 bits per heavy atom. The van der Waals surface area contributed by atoms with Crippen LogP contribution in [0.2, 0.25) is 10.0 Å². The number of anilines is 1. The lowest BCUT2D eigenvalue weighted by molar-refractivity contribution is -0.116. The van der Waals surface area contributed by atoms with Crippen LogP contribution in [-0.4, -0.2) is 30.3 Å². The second-order valence-electron chi connectivity index (χ2n) is 5.66. The molecule has 0 aromatic heterocycles. The molecule has 2 aromatic rings. The monoisotopic (exact) mass is 364 g/mol. The largest absolute Gasteiger partial charge is 0.332 e. The number of amides is 2. The summed E-state index contributed by atoms with van der Waals surface area (Å²) in [4.78, 5) is 25.9. The molecule has 0 unspecified atom stereocenters. The molecule has 0 aliphatic carbocycles. The van der Waals surface area contributed by atoms with Gasteiger partial charge in [-0.1, -0.05) is 35.3 Å². The first-order valence-corrected chi connectivity index (χ1v) is 8.11. The summed E-state index contributed by atoms with van der Waals surface area (Å²) in [5, 5.41) is 3.51. The molecule has 4 nitrogen and oxygen atoms in total. The van der Waals surface area contributed by atoms with Gasteiger partial charge >= 0.3 is 0 Å². The van der Waals surface area contributed by atoms with Crippen molar-refractivity contribution in [3.05, 3.63) is 63.1 Å². The minimum Gasteiger partial charge on any atom is -0.332 e. The van der Waals surface area contributed by atoms with E-state index in [1.165, 1.54) is 11.0 Å². The van der Waals surface area contributed by atoms with Crippen molar-refractivity contribution in [2.75, 3.05) is 18.9 Å². The number of rotatable bonds is 4. The van der Waals surface area contributed by atoms with Crippen LogP contribution in [0.25, 0.3) is 0 Å². The molecule has 0 aliphatic heterocycles. The third-order valence-electron chi connectivity index (χ3n) is 3.56. The molecule has 24 heavy (non-hydrogen) atoms. The van der Waals surface area contributed by atoms with E-state index in [4.69, 9.17) is 23.2 Å². The van der Waals surface area contributed by atoms with Gasteiger partial charge in [0, 0.05) is 18.3 Å². The SMILES string of the molecule is Cc1ccc(C)c(NC(=O)CN(C)C(=O)c2ccc(Cl)c(Cl)c2)c1. The Bertz CT molecular complexity index is 791. The highest BCUT2D eigenvalue weighted by Gasteiger charge is 2.16. The summed E-state index contributed by atoms with van der Waals surface area (Å²) in [6.07, 6.45) is 0. The average molecular weight is 365 g/mol. The van der Waals surface area contributed by atoms with Gasteiger partial charge in [-0.05, 0) is 49.2 Å². The Kier molecular flexibility index (Phi) is 5.86. The second kappa shape index (κ2) is 7.69. The standard InChI is InChI=1S/C18H18Cl2N2O2/c1-11-4-5-12(2)16(8-11)21-17(23)10-22(3)18(24)13-6-7-14(19)15(20)9-13/h4-9H,10H2,1-3H3,(H,21,23). The smallest absolute Gasteiger partial charge is 0.254 e. The lowest BCUT2D eigenvalue weighted by Crippen LogP contribution is -2.35. The van der Waals surface area contributed by atoms with Crippen molar-refractivity contribution in [1.29, 1.82) is 0 Å². The van der Waals surface area contributed by atoms with Gasteiger partial charge in [-0.2, -0.15) is 0 Å². The number of aryl methyl sites for hydroxylation is 2. The number of likely N-dealkylation sites (N-methyl/N-ethyl adjacent to an activating group) is 1. The van der Waals surface area contributed by atoms with Gasteiger partial charge in [0.1, 0.15) is 0 Å². The summed E-state index contributed by atoms with van der Waals surface area (Å²) >= 11 is 11.8. The highest BCUT2D eigenvalue weighted by molar-refractivity contribution is 6.42. The molecular formula is C18H18Cl2N2O2. The number of hydrogen-bond acceptors (Lipinski definition) is 2. The van der Waals surface area contributed by atoms with E-state index >= 15 is 0 Å². The Labute approximate surface area is 151 Å². The van der Waals surface area contributed by atoms with Gasteiger partial charge in [0.2, 0.25) is 5.91 Å². The molecular weight excluding hydrogens is 347 g/mol. The highest BCUT2D eigenvalue weighted by Crippen LogP contribution is 2.23. The molecule has 0 radical (unpaired) electrons. The highest BCUT2D eigenvalue weighted by atomic mass is 35.5. The fourth-order valence-corrected chi connectivity index (χ4v) is 2.50. The van der Waals surface area contributed by atoms with Crippen LogP contribution in [0, 0.1) is 13.8 Å². The number of nitrogens with zero attached hydrogens (tertiary/aromatic N) is 1. The van der Waals surface area contributed by atoms with Gasteiger partial charge in [-0.25, -0.2) is 0 Å². The summed E-state index contributed by atoms with van der Waals surface area (Å²) in [5.74, 6) is -0.565. The lowest BCUT2D eigenvalue weighted by atomic mass is 10.1. The minimum atomic E-state index is -0.301. The molecule has 0 heterocycles. The first kappa shape index (κ1) is 18.3.